The summed E-state index contributed by atoms with van der Waals surface area (Å²) in [5.41, 5.74) is 10.5. The molecule has 6 heterocycles. The lowest BCUT2D eigenvalue weighted by Gasteiger charge is -2.14. The first-order chi connectivity index (χ1) is 28.3. The smallest absolute Gasteiger partial charge is 0.240 e. The van der Waals surface area contributed by atoms with Crippen molar-refractivity contribution in [1.82, 2.24) is 33.5 Å². The summed E-state index contributed by atoms with van der Waals surface area (Å²) in [5.74, 6) is 1.71. The fraction of sp³-hybridized carbons (Fsp3) is 0. The Morgan fingerprint density at radius 2 is 0.842 bits per heavy atom. The highest BCUT2D eigenvalue weighted by Gasteiger charge is 2.23. The van der Waals surface area contributed by atoms with Crippen LogP contribution in [-0.2, 0) is 0 Å². The van der Waals surface area contributed by atoms with Crippen molar-refractivity contribution in [3.63, 3.8) is 0 Å². The highest BCUT2D eigenvalue weighted by molar-refractivity contribution is 6.23. The van der Waals surface area contributed by atoms with E-state index in [1.165, 1.54) is 27.1 Å². The van der Waals surface area contributed by atoms with Gasteiger partial charge in [0.15, 0.2) is 5.82 Å². The van der Waals surface area contributed by atoms with E-state index in [9.17, 15) is 0 Å². The van der Waals surface area contributed by atoms with E-state index in [1.807, 2.05) is 12.3 Å². The lowest BCUT2D eigenvalue weighted by atomic mass is 9.97. The number of fused-ring (bicyclic) bond motifs is 12. The van der Waals surface area contributed by atoms with Gasteiger partial charge in [0.1, 0.15) is 5.65 Å². The summed E-state index contributed by atoms with van der Waals surface area (Å²) in [6.45, 7) is 0. The summed E-state index contributed by atoms with van der Waals surface area (Å²) in [7, 11) is 0. The van der Waals surface area contributed by atoms with Gasteiger partial charge < -0.3 is 0 Å². The second kappa shape index (κ2) is 11.3. The molecular weight excluding hydrogens is 699 g/mol. The van der Waals surface area contributed by atoms with Gasteiger partial charge in [-0.1, -0.05) is 121 Å². The monoisotopic (exact) mass is 727 g/mol. The Balaban J connectivity index is 1.10. The standard InChI is InChI=1S/C50H29N7/c1-2-18-38(31(13-1)30-26-27-45-40(29-30)37-20-11-19-36-39-21-12-28-51-48(39)57(45)46(36)37)47-52-49(55-41-22-7-3-14-32(41)33-15-4-8-23-42(33)55)54-50(53-47)56-43-24-9-5-16-34(43)35-17-6-10-25-44(35)56/h1-29H. The highest BCUT2D eigenvalue weighted by Crippen LogP contribution is 2.41. The second-order valence-electron chi connectivity index (χ2n) is 14.7. The summed E-state index contributed by atoms with van der Waals surface area (Å²) in [4.78, 5) is 20.9. The fourth-order valence-corrected chi connectivity index (χ4v) is 9.34. The van der Waals surface area contributed by atoms with Gasteiger partial charge in [-0.2, -0.15) is 15.0 Å². The maximum Gasteiger partial charge on any atom is 0.240 e. The van der Waals surface area contributed by atoms with Crippen molar-refractivity contribution < 1.29 is 0 Å². The van der Waals surface area contributed by atoms with Crippen molar-refractivity contribution in [3.05, 3.63) is 176 Å². The minimum absolute atomic E-state index is 0.559. The van der Waals surface area contributed by atoms with E-state index in [0.717, 1.165) is 71.5 Å². The molecule has 0 aliphatic rings. The number of hydrogen-bond acceptors (Lipinski definition) is 4. The van der Waals surface area contributed by atoms with Crippen molar-refractivity contribution in [2.24, 2.45) is 0 Å². The molecule has 7 aromatic carbocycles. The Morgan fingerprint density at radius 1 is 0.351 bits per heavy atom. The SMILES string of the molecule is c1ccc(-c2nc(-n3c4ccccc4c4ccccc43)nc(-n3c4ccccc4c4ccccc43)n2)c(-c2ccc3c(c2)c2cccc4c5cccnc5n3c24)c1. The molecule has 6 aromatic heterocycles. The molecule has 264 valence electrons. The van der Waals surface area contributed by atoms with E-state index in [0.29, 0.717) is 17.7 Å². The largest absolute Gasteiger partial charge is 0.293 e. The Morgan fingerprint density at radius 3 is 1.44 bits per heavy atom. The quantitative estimate of drug-likeness (QED) is 0.181. The zero-order valence-electron chi connectivity index (χ0n) is 30.4. The predicted octanol–water partition coefficient (Wildman–Crippen LogP) is 11.9. The molecule has 13 rings (SSSR count). The fourth-order valence-electron chi connectivity index (χ4n) is 9.34. The van der Waals surface area contributed by atoms with E-state index in [2.05, 4.69) is 177 Å². The molecule has 57 heavy (non-hydrogen) atoms. The number of pyridine rings is 1. The maximum absolute atomic E-state index is 5.38. The van der Waals surface area contributed by atoms with Gasteiger partial charge in [0.05, 0.1) is 33.1 Å². The molecule has 0 amide bonds. The van der Waals surface area contributed by atoms with Crippen LogP contribution in [0.25, 0.3) is 116 Å². The normalized spacial score (nSPS) is 12.2. The molecule has 0 saturated carbocycles. The Labute approximate surface area is 324 Å². The van der Waals surface area contributed by atoms with Gasteiger partial charge >= 0.3 is 0 Å². The number of rotatable bonds is 4. The topological polar surface area (TPSA) is 65.8 Å². The van der Waals surface area contributed by atoms with Crippen LogP contribution in [0.4, 0.5) is 0 Å². The molecule has 13 aromatic rings. The molecule has 0 spiro atoms. The third-order valence-corrected chi connectivity index (χ3v) is 11.7. The van der Waals surface area contributed by atoms with Gasteiger partial charge in [0.2, 0.25) is 11.9 Å². The third kappa shape index (κ3) is 4.14. The minimum atomic E-state index is 0.559. The third-order valence-electron chi connectivity index (χ3n) is 11.7. The zero-order chi connectivity index (χ0) is 37.2. The van der Waals surface area contributed by atoms with Crippen LogP contribution in [0.3, 0.4) is 0 Å². The molecule has 0 atom stereocenters. The maximum atomic E-state index is 5.38. The van der Waals surface area contributed by atoms with Crippen molar-refractivity contribution in [2.75, 3.05) is 0 Å². The second-order valence-corrected chi connectivity index (χ2v) is 14.7. The van der Waals surface area contributed by atoms with Crippen molar-refractivity contribution in [2.45, 2.75) is 0 Å². The van der Waals surface area contributed by atoms with Gasteiger partial charge in [0.25, 0.3) is 0 Å². The summed E-state index contributed by atoms with van der Waals surface area (Å²) < 4.78 is 6.67. The minimum Gasteiger partial charge on any atom is -0.293 e. The lowest BCUT2D eigenvalue weighted by Crippen LogP contribution is -2.10. The Bertz CT molecular complexity index is 3540. The number of hydrogen-bond donors (Lipinski definition) is 0. The van der Waals surface area contributed by atoms with E-state index < -0.39 is 0 Å². The molecule has 0 bridgehead atoms. The van der Waals surface area contributed by atoms with Gasteiger partial charge in [0, 0.05) is 54.9 Å². The molecule has 7 heteroatoms. The first-order valence-electron chi connectivity index (χ1n) is 19.2. The predicted molar refractivity (Wildman–Crippen MR) is 232 cm³/mol. The molecule has 0 aliphatic heterocycles. The molecule has 0 radical (unpaired) electrons. The molecular formula is C50H29N7. The van der Waals surface area contributed by atoms with Gasteiger partial charge in [-0.25, -0.2) is 4.98 Å². The number of aromatic nitrogens is 7. The first-order valence-corrected chi connectivity index (χ1v) is 19.2. The summed E-state index contributed by atoms with van der Waals surface area (Å²) in [5, 5.41) is 9.37. The number of nitrogens with zero attached hydrogens (tertiary/aromatic N) is 7. The molecule has 7 nitrogen and oxygen atoms in total. The van der Waals surface area contributed by atoms with E-state index in [4.69, 9.17) is 19.9 Å². The highest BCUT2D eigenvalue weighted by atomic mass is 15.3. The summed E-state index contributed by atoms with van der Waals surface area (Å²) in [6.07, 6.45) is 1.88. The number of benzene rings is 7. The van der Waals surface area contributed by atoms with Crippen LogP contribution >= 0.6 is 0 Å². The van der Waals surface area contributed by atoms with Gasteiger partial charge in [-0.15, -0.1) is 0 Å². The summed E-state index contributed by atoms with van der Waals surface area (Å²) in [6, 6.07) is 59.9. The van der Waals surface area contributed by atoms with E-state index >= 15 is 0 Å². The first kappa shape index (κ1) is 30.4. The van der Waals surface area contributed by atoms with Crippen LogP contribution in [0.1, 0.15) is 0 Å². The molecule has 0 N–H and O–H groups in total. The van der Waals surface area contributed by atoms with Crippen LogP contribution in [0.2, 0.25) is 0 Å². The average Bonchev–Trinajstić information content (AvgIpc) is 4.01. The summed E-state index contributed by atoms with van der Waals surface area (Å²) >= 11 is 0. The van der Waals surface area contributed by atoms with Crippen LogP contribution in [0.15, 0.2) is 176 Å². The van der Waals surface area contributed by atoms with E-state index in [1.54, 1.807) is 0 Å². The van der Waals surface area contributed by atoms with Crippen molar-refractivity contribution >= 4 is 81.8 Å². The van der Waals surface area contributed by atoms with Gasteiger partial charge in [-0.3, -0.25) is 13.5 Å². The molecule has 0 fully saturated rings. The number of para-hydroxylation sites is 5. The average molecular weight is 728 g/mol. The Hall–Kier alpha value is -7.90. The van der Waals surface area contributed by atoms with Crippen LogP contribution in [0, 0.1) is 0 Å². The van der Waals surface area contributed by atoms with Gasteiger partial charge in [-0.05, 0) is 59.7 Å². The van der Waals surface area contributed by atoms with Crippen LogP contribution in [-0.4, -0.2) is 33.5 Å². The molecule has 0 aliphatic carbocycles. The van der Waals surface area contributed by atoms with E-state index in [-0.39, 0.29) is 0 Å². The van der Waals surface area contributed by atoms with Crippen molar-refractivity contribution in [3.8, 4) is 34.4 Å². The van der Waals surface area contributed by atoms with Crippen molar-refractivity contribution in [1.29, 1.82) is 0 Å². The molecule has 0 saturated heterocycles. The molecule has 0 unspecified atom stereocenters. The van der Waals surface area contributed by atoms with Crippen LogP contribution < -0.4 is 0 Å². The Kier molecular flexibility index (Phi) is 6.04. The lowest BCUT2D eigenvalue weighted by molar-refractivity contribution is 0.893. The zero-order valence-corrected chi connectivity index (χ0v) is 30.4. The van der Waals surface area contributed by atoms with Crippen LogP contribution in [0.5, 0.6) is 0 Å².